The number of hydrogen-bond donors (Lipinski definition) is 2. The molecule has 0 radical (unpaired) electrons. The highest BCUT2D eigenvalue weighted by Gasteiger charge is 2.09. The number of benzene rings is 1. The third-order valence-electron chi connectivity index (χ3n) is 1.70. The molecule has 0 fully saturated rings. The Balaban J connectivity index is 2.73. The van der Waals surface area contributed by atoms with Gasteiger partial charge >= 0.3 is 0 Å². The van der Waals surface area contributed by atoms with Crippen LogP contribution in [0.15, 0.2) is 30.3 Å². The molecule has 13 heavy (non-hydrogen) atoms. The van der Waals surface area contributed by atoms with Gasteiger partial charge in [0.2, 0.25) is 5.65 Å². The van der Waals surface area contributed by atoms with E-state index in [9.17, 15) is 4.79 Å². The molecule has 1 aromatic rings. The Morgan fingerprint density at radius 2 is 2.08 bits per heavy atom. The van der Waals surface area contributed by atoms with Crippen LogP contribution in [-0.2, 0) is 0 Å². The predicted molar refractivity (Wildman–Crippen MR) is 54.5 cm³/mol. The maximum absolute atomic E-state index is 10.7. The Morgan fingerprint density at radius 3 is 2.54 bits per heavy atom. The fourth-order valence-electron chi connectivity index (χ4n) is 1.09. The van der Waals surface area contributed by atoms with E-state index in [0.717, 1.165) is 5.56 Å². The molecule has 0 spiro atoms. The van der Waals surface area contributed by atoms with Gasteiger partial charge in [-0.3, -0.25) is 4.79 Å². The minimum Gasteiger partial charge on any atom is -0.394 e. The number of carbonyl (C=O) groups excluding carboxylic acids is 1. The quantitative estimate of drug-likeness (QED) is 0.717. The molecule has 0 aliphatic heterocycles. The van der Waals surface area contributed by atoms with E-state index in [0.29, 0.717) is 0 Å². The lowest BCUT2D eigenvalue weighted by Gasteiger charge is -2.14. The number of nitrogens with one attached hydrogen (secondary N) is 1. The highest BCUT2D eigenvalue weighted by molar-refractivity contribution is 7.39. The molecule has 2 unspecified atom stereocenters. The SMILES string of the molecule is O=C(P)NC(CO)c1ccccc1. The molecule has 2 N–H and O–H groups in total. The molecule has 0 saturated carbocycles. The lowest BCUT2D eigenvalue weighted by Crippen LogP contribution is -2.25. The van der Waals surface area contributed by atoms with Gasteiger partial charge in [-0.2, -0.15) is 0 Å². The van der Waals surface area contributed by atoms with E-state index >= 15 is 0 Å². The average molecular weight is 197 g/mol. The molecule has 2 atom stereocenters. The van der Waals surface area contributed by atoms with Gasteiger partial charge in [-0.1, -0.05) is 30.3 Å². The molecule has 0 saturated heterocycles. The molecule has 70 valence electrons. The van der Waals surface area contributed by atoms with Gasteiger partial charge in [-0.05, 0) is 14.8 Å². The smallest absolute Gasteiger partial charge is 0.235 e. The molecule has 4 heteroatoms. The third kappa shape index (κ3) is 3.13. The number of aliphatic hydroxyl groups is 1. The van der Waals surface area contributed by atoms with E-state index in [2.05, 4.69) is 5.32 Å². The van der Waals surface area contributed by atoms with Crippen molar-refractivity contribution < 1.29 is 9.90 Å². The van der Waals surface area contributed by atoms with E-state index in [-0.39, 0.29) is 18.3 Å². The second-order valence-corrected chi connectivity index (χ2v) is 3.18. The molecule has 0 aliphatic rings. The molecule has 0 heterocycles. The van der Waals surface area contributed by atoms with Crippen LogP contribution in [-0.4, -0.2) is 17.4 Å². The third-order valence-corrected chi connectivity index (χ3v) is 1.87. The standard InChI is InChI=1S/C9H12NO2P/c11-6-8(10-9(12)13)7-4-2-1-3-5-7/h1-5,8,11H,6,13H2,(H,10,12). The van der Waals surface area contributed by atoms with Crippen molar-refractivity contribution in [2.24, 2.45) is 0 Å². The summed E-state index contributed by atoms with van der Waals surface area (Å²) in [5, 5.41) is 11.6. The van der Waals surface area contributed by atoms with Crippen LogP contribution in [0.5, 0.6) is 0 Å². The fourth-order valence-corrected chi connectivity index (χ4v) is 1.29. The van der Waals surface area contributed by atoms with Gasteiger partial charge < -0.3 is 10.4 Å². The van der Waals surface area contributed by atoms with Gasteiger partial charge in [0.1, 0.15) is 0 Å². The summed E-state index contributed by atoms with van der Waals surface area (Å²) in [4.78, 5) is 10.7. The molecule has 0 aromatic heterocycles. The normalized spacial score (nSPS) is 12.2. The Kier molecular flexibility index (Phi) is 3.87. The lowest BCUT2D eigenvalue weighted by atomic mass is 10.1. The summed E-state index contributed by atoms with van der Waals surface area (Å²) in [6.45, 7) is -0.0931. The summed E-state index contributed by atoms with van der Waals surface area (Å²) >= 11 is 0. The van der Waals surface area contributed by atoms with Gasteiger partial charge in [-0.15, -0.1) is 0 Å². The van der Waals surface area contributed by atoms with Crippen molar-refractivity contribution in [3.8, 4) is 0 Å². The highest BCUT2D eigenvalue weighted by Crippen LogP contribution is 2.11. The van der Waals surface area contributed by atoms with E-state index in [1.165, 1.54) is 0 Å². The van der Waals surface area contributed by atoms with Crippen LogP contribution in [0.4, 0.5) is 4.79 Å². The zero-order valence-corrected chi connectivity index (χ0v) is 8.26. The molecule has 0 bridgehead atoms. The average Bonchev–Trinajstić information content (AvgIpc) is 2.15. The van der Waals surface area contributed by atoms with Crippen LogP contribution in [0, 0.1) is 0 Å². The van der Waals surface area contributed by atoms with Crippen molar-refractivity contribution in [2.75, 3.05) is 6.61 Å². The zero-order valence-electron chi connectivity index (χ0n) is 7.10. The number of hydrogen-bond acceptors (Lipinski definition) is 2. The lowest BCUT2D eigenvalue weighted by molar-refractivity contribution is 0.231. The fraction of sp³-hybridized carbons (Fsp3) is 0.222. The monoisotopic (exact) mass is 197 g/mol. The van der Waals surface area contributed by atoms with Crippen LogP contribution in [0.25, 0.3) is 0 Å². The second kappa shape index (κ2) is 4.95. The molecular weight excluding hydrogens is 185 g/mol. The number of amides is 1. The Labute approximate surface area is 79.4 Å². The van der Waals surface area contributed by atoms with Crippen molar-refractivity contribution in [2.45, 2.75) is 6.04 Å². The molecule has 1 rings (SSSR count). The van der Waals surface area contributed by atoms with Gasteiger partial charge in [0, 0.05) is 0 Å². The topological polar surface area (TPSA) is 49.3 Å². The van der Waals surface area contributed by atoms with E-state index in [4.69, 9.17) is 5.11 Å². The number of aliphatic hydroxyl groups excluding tert-OH is 1. The van der Waals surface area contributed by atoms with Gasteiger partial charge in [0.25, 0.3) is 0 Å². The van der Waals surface area contributed by atoms with E-state index < -0.39 is 0 Å². The largest absolute Gasteiger partial charge is 0.394 e. The Bertz CT molecular complexity index is 276. The molecule has 1 amide bonds. The Morgan fingerprint density at radius 1 is 1.46 bits per heavy atom. The molecular formula is C9H12NO2P. The molecule has 1 aromatic carbocycles. The van der Waals surface area contributed by atoms with Crippen LogP contribution in [0.3, 0.4) is 0 Å². The summed E-state index contributed by atoms with van der Waals surface area (Å²) in [6, 6.07) is 9.04. The van der Waals surface area contributed by atoms with Crippen LogP contribution >= 0.6 is 9.24 Å². The van der Waals surface area contributed by atoms with Crippen molar-refractivity contribution in [3.63, 3.8) is 0 Å². The molecule has 3 nitrogen and oxygen atoms in total. The van der Waals surface area contributed by atoms with Crippen molar-refractivity contribution in [3.05, 3.63) is 35.9 Å². The minimum atomic E-state index is -0.314. The van der Waals surface area contributed by atoms with Crippen molar-refractivity contribution in [1.82, 2.24) is 5.32 Å². The maximum Gasteiger partial charge on any atom is 0.235 e. The second-order valence-electron chi connectivity index (χ2n) is 2.65. The first-order valence-corrected chi connectivity index (χ1v) is 4.53. The van der Waals surface area contributed by atoms with Gasteiger partial charge in [0.05, 0.1) is 12.6 Å². The summed E-state index contributed by atoms with van der Waals surface area (Å²) in [5.41, 5.74) is 0.684. The summed E-state index contributed by atoms with van der Waals surface area (Å²) in [7, 11) is 2.02. The van der Waals surface area contributed by atoms with Crippen molar-refractivity contribution >= 4 is 14.9 Å². The first kappa shape index (κ1) is 10.2. The maximum atomic E-state index is 10.7. The van der Waals surface area contributed by atoms with Crippen LogP contribution in [0.1, 0.15) is 11.6 Å². The number of rotatable bonds is 3. The van der Waals surface area contributed by atoms with E-state index in [1.807, 2.05) is 39.6 Å². The molecule has 0 aliphatic carbocycles. The summed E-state index contributed by atoms with van der Waals surface area (Å²) < 4.78 is 0. The van der Waals surface area contributed by atoms with Crippen LogP contribution < -0.4 is 5.32 Å². The summed E-state index contributed by atoms with van der Waals surface area (Å²) in [5.74, 6) is 0. The number of carbonyl (C=O) groups is 1. The predicted octanol–water partition coefficient (Wildman–Crippen LogP) is 1.30. The van der Waals surface area contributed by atoms with Crippen LogP contribution in [0.2, 0.25) is 0 Å². The van der Waals surface area contributed by atoms with Gasteiger partial charge in [0.15, 0.2) is 0 Å². The first-order valence-electron chi connectivity index (χ1n) is 3.96. The highest BCUT2D eigenvalue weighted by atomic mass is 31.0. The Hall–Kier alpha value is -0.920. The summed E-state index contributed by atoms with van der Waals surface area (Å²) in [6.07, 6.45) is 0. The zero-order chi connectivity index (χ0) is 9.68. The van der Waals surface area contributed by atoms with Gasteiger partial charge in [-0.25, -0.2) is 0 Å². The first-order chi connectivity index (χ1) is 6.24. The van der Waals surface area contributed by atoms with E-state index in [1.54, 1.807) is 0 Å². The minimum absolute atomic E-state index is 0.0931. The van der Waals surface area contributed by atoms with Crippen molar-refractivity contribution in [1.29, 1.82) is 0 Å².